The van der Waals surface area contributed by atoms with Crippen molar-refractivity contribution in [2.24, 2.45) is 0 Å². The Kier molecular flexibility index (Phi) is 5.18. The summed E-state index contributed by atoms with van der Waals surface area (Å²) < 4.78 is 11.5. The number of benzene rings is 1. The van der Waals surface area contributed by atoms with Crippen LogP contribution in [0, 0.1) is 11.3 Å². The van der Waals surface area contributed by atoms with E-state index in [9.17, 15) is 19.6 Å². The van der Waals surface area contributed by atoms with Crippen LogP contribution < -0.4 is 11.1 Å². The molecule has 1 aromatic carbocycles. The lowest BCUT2D eigenvalue weighted by Gasteiger charge is -2.06. The molecule has 4 rings (SSSR count). The lowest BCUT2D eigenvalue weighted by molar-refractivity contribution is -0.147. The van der Waals surface area contributed by atoms with Gasteiger partial charge in [-0.3, -0.25) is 14.2 Å². The average Bonchev–Trinajstić information content (AvgIpc) is 3.37. The molecule has 3 aromatic rings. The van der Waals surface area contributed by atoms with E-state index in [1.165, 1.54) is 15.9 Å². The van der Waals surface area contributed by atoms with Crippen LogP contribution in [0.4, 0.5) is 5.00 Å². The van der Waals surface area contributed by atoms with Crippen LogP contribution >= 0.6 is 11.3 Å². The van der Waals surface area contributed by atoms with Gasteiger partial charge in [-0.15, -0.1) is 11.3 Å². The van der Waals surface area contributed by atoms with Gasteiger partial charge in [0.25, 0.3) is 5.91 Å². The Morgan fingerprint density at radius 1 is 1.31 bits per heavy atom. The number of nitriles is 1. The summed E-state index contributed by atoms with van der Waals surface area (Å²) in [6, 6.07) is 9.07. The van der Waals surface area contributed by atoms with E-state index in [2.05, 4.69) is 11.4 Å². The Morgan fingerprint density at radius 3 is 2.97 bits per heavy atom. The maximum absolute atomic E-state index is 12.1. The van der Waals surface area contributed by atoms with Gasteiger partial charge in [-0.05, 0) is 37.0 Å². The maximum Gasteiger partial charge on any atom is 0.419 e. The van der Waals surface area contributed by atoms with Crippen molar-refractivity contribution in [2.75, 3.05) is 11.9 Å². The Labute approximate surface area is 169 Å². The number of aromatic nitrogens is 1. The van der Waals surface area contributed by atoms with Crippen LogP contribution in [0.2, 0.25) is 0 Å². The number of para-hydroxylation sites is 2. The van der Waals surface area contributed by atoms with Gasteiger partial charge >= 0.3 is 11.7 Å². The van der Waals surface area contributed by atoms with E-state index in [0.717, 1.165) is 29.7 Å². The SMILES string of the molecule is N#Cc1c(NC(=O)COC(=O)CCn2c(=O)oc3ccccc32)sc2c1CCC2. The van der Waals surface area contributed by atoms with E-state index < -0.39 is 24.2 Å². The first-order valence-corrected chi connectivity index (χ1v) is 9.97. The summed E-state index contributed by atoms with van der Waals surface area (Å²) in [5.74, 6) is -1.65. The zero-order valence-electron chi connectivity index (χ0n) is 15.4. The predicted octanol–water partition coefficient (Wildman–Crippen LogP) is 2.59. The minimum atomic E-state index is -0.605. The Bertz CT molecular complexity index is 1200. The monoisotopic (exact) mass is 411 g/mol. The fourth-order valence-corrected chi connectivity index (χ4v) is 4.68. The van der Waals surface area contributed by atoms with E-state index in [0.29, 0.717) is 21.7 Å². The van der Waals surface area contributed by atoms with Crippen LogP contribution in [0.25, 0.3) is 11.1 Å². The molecule has 2 aromatic heterocycles. The number of amides is 1. The number of aryl methyl sites for hydroxylation is 2. The summed E-state index contributed by atoms with van der Waals surface area (Å²) in [5.41, 5.74) is 2.56. The third kappa shape index (κ3) is 3.79. The largest absolute Gasteiger partial charge is 0.456 e. The Morgan fingerprint density at radius 2 is 2.14 bits per heavy atom. The highest BCUT2D eigenvalue weighted by molar-refractivity contribution is 7.16. The summed E-state index contributed by atoms with van der Waals surface area (Å²) >= 11 is 1.40. The third-order valence-electron chi connectivity index (χ3n) is 4.76. The fraction of sp³-hybridized carbons (Fsp3) is 0.300. The number of esters is 1. The van der Waals surface area contributed by atoms with Gasteiger partial charge in [-0.1, -0.05) is 12.1 Å². The second kappa shape index (κ2) is 7.93. The first-order valence-electron chi connectivity index (χ1n) is 9.15. The number of hydrogen-bond donors (Lipinski definition) is 1. The third-order valence-corrected chi connectivity index (χ3v) is 5.97. The van der Waals surface area contributed by atoms with Crippen LogP contribution in [0.5, 0.6) is 0 Å². The smallest absolute Gasteiger partial charge is 0.419 e. The summed E-state index contributed by atoms with van der Waals surface area (Å²) in [6.45, 7) is -0.361. The highest BCUT2D eigenvalue weighted by Crippen LogP contribution is 2.38. The fourth-order valence-electron chi connectivity index (χ4n) is 3.42. The average molecular weight is 411 g/mol. The number of ether oxygens (including phenoxy) is 1. The van der Waals surface area contributed by atoms with Gasteiger partial charge in [0.15, 0.2) is 12.2 Å². The van der Waals surface area contributed by atoms with Crippen LogP contribution in [0.1, 0.15) is 28.8 Å². The molecule has 148 valence electrons. The van der Waals surface area contributed by atoms with Crippen molar-refractivity contribution >= 4 is 39.3 Å². The number of carbonyl (C=O) groups excluding carboxylic acids is 2. The topological polar surface area (TPSA) is 114 Å². The number of nitrogens with zero attached hydrogens (tertiary/aromatic N) is 2. The number of thiophene rings is 1. The van der Waals surface area contributed by atoms with Crippen molar-refractivity contribution in [1.82, 2.24) is 4.57 Å². The molecule has 1 N–H and O–H groups in total. The minimum Gasteiger partial charge on any atom is -0.456 e. The Balaban J connectivity index is 1.31. The van der Waals surface area contributed by atoms with Crippen LogP contribution in [0.3, 0.4) is 0 Å². The first kappa shape index (κ1) is 19.0. The number of carbonyl (C=O) groups is 2. The molecule has 0 radical (unpaired) electrons. The van der Waals surface area contributed by atoms with E-state index in [-0.39, 0.29) is 13.0 Å². The minimum absolute atomic E-state index is 0.0759. The van der Waals surface area contributed by atoms with Crippen molar-refractivity contribution in [3.63, 3.8) is 0 Å². The Hall–Kier alpha value is -3.38. The van der Waals surface area contributed by atoms with Gasteiger partial charge in [0.1, 0.15) is 11.1 Å². The van der Waals surface area contributed by atoms with Crippen LogP contribution in [-0.4, -0.2) is 23.1 Å². The van der Waals surface area contributed by atoms with Crippen molar-refractivity contribution in [1.29, 1.82) is 5.26 Å². The summed E-state index contributed by atoms with van der Waals surface area (Å²) in [7, 11) is 0. The van der Waals surface area contributed by atoms with Crippen LogP contribution in [0.15, 0.2) is 33.5 Å². The van der Waals surface area contributed by atoms with Crippen molar-refractivity contribution in [2.45, 2.75) is 32.2 Å². The van der Waals surface area contributed by atoms with E-state index in [1.807, 2.05) is 0 Å². The standard InChI is InChI=1S/C20H17N3O5S/c21-10-13-12-4-3-7-16(12)29-19(13)22-17(24)11-27-18(25)8-9-23-14-5-1-2-6-15(14)28-20(23)26/h1-2,5-6H,3-4,7-9,11H2,(H,22,24). The molecular formula is C20H17N3O5S. The molecule has 1 amide bonds. The maximum atomic E-state index is 12.1. The number of nitrogens with one attached hydrogen (secondary N) is 1. The molecule has 0 atom stereocenters. The first-order chi connectivity index (χ1) is 14.1. The van der Waals surface area contributed by atoms with E-state index in [1.54, 1.807) is 24.3 Å². The van der Waals surface area contributed by atoms with Gasteiger partial charge in [0.05, 0.1) is 17.5 Å². The van der Waals surface area contributed by atoms with Gasteiger partial charge in [-0.2, -0.15) is 5.26 Å². The molecule has 0 saturated carbocycles. The van der Waals surface area contributed by atoms with Crippen LogP contribution in [-0.2, 0) is 33.7 Å². The predicted molar refractivity (Wildman–Crippen MR) is 106 cm³/mol. The second-order valence-electron chi connectivity index (χ2n) is 6.62. The molecule has 8 nitrogen and oxygen atoms in total. The number of anilines is 1. The molecule has 0 bridgehead atoms. The van der Waals surface area contributed by atoms with Crippen molar-refractivity contribution < 1.29 is 18.7 Å². The number of oxazole rings is 1. The highest BCUT2D eigenvalue weighted by Gasteiger charge is 2.23. The number of rotatable bonds is 6. The lowest BCUT2D eigenvalue weighted by atomic mass is 10.1. The normalized spacial score (nSPS) is 12.5. The summed E-state index contributed by atoms with van der Waals surface area (Å²) in [4.78, 5) is 37.1. The molecule has 0 saturated heterocycles. The molecule has 0 fully saturated rings. The number of hydrogen-bond acceptors (Lipinski definition) is 7. The second-order valence-corrected chi connectivity index (χ2v) is 7.72. The summed E-state index contributed by atoms with van der Waals surface area (Å²) in [6.07, 6.45) is 2.72. The van der Waals surface area contributed by atoms with Gasteiger partial charge in [0.2, 0.25) is 0 Å². The molecular weight excluding hydrogens is 394 g/mol. The van der Waals surface area contributed by atoms with Crippen molar-refractivity contribution in [3.05, 3.63) is 50.8 Å². The molecule has 9 heteroatoms. The molecule has 29 heavy (non-hydrogen) atoms. The number of fused-ring (bicyclic) bond motifs is 2. The zero-order valence-corrected chi connectivity index (χ0v) is 16.2. The van der Waals surface area contributed by atoms with Gasteiger partial charge in [-0.25, -0.2) is 4.79 Å². The van der Waals surface area contributed by atoms with Gasteiger partial charge < -0.3 is 14.5 Å². The van der Waals surface area contributed by atoms with E-state index in [4.69, 9.17) is 9.15 Å². The molecule has 0 unspecified atom stereocenters. The highest BCUT2D eigenvalue weighted by atomic mass is 32.1. The molecule has 0 aliphatic heterocycles. The zero-order chi connectivity index (χ0) is 20.4. The quantitative estimate of drug-likeness (QED) is 0.624. The summed E-state index contributed by atoms with van der Waals surface area (Å²) in [5, 5.41) is 12.5. The molecule has 2 heterocycles. The molecule has 1 aliphatic carbocycles. The lowest BCUT2D eigenvalue weighted by Crippen LogP contribution is -2.22. The van der Waals surface area contributed by atoms with E-state index >= 15 is 0 Å². The molecule has 0 spiro atoms. The van der Waals surface area contributed by atoms with Crippen molar-refractivity contribution in [3.8, 4) is 6.07 Å². The molecule has 1 aliphatic rings. The van der Waals surface area contributed by atoms with Gasteiger partial charge in [0, 0.05) is 11.4 Å².